The molecule has 0 aliphatic carbocycles. The molecule has 1 rings (SSSR count). The fraction of sp³-hybridized carbons (Fsp3) is 1.00. The van der Waals surface area contributed by atoms with Crippen LogP contribution in [0.3, 0.4) is 0 Å². The first kappa shape index (κ1) is 9.76. The lowest BCUT2D eigenvalue weighted by atomic mass is 10.3. The zero-order valence-corrected chi connectivity index (χ0v) is 6.25. The van der Waals surface area contributed by atoms with E-state index in [1.165, 1.54) is 0 Å². The lowest BCUT2D eigenvalue weighted by Gasteiger charge is -2.16. The predicted molar refractivity (Wildman–Crippen MR) is 34.5 cm³/mol. The van der Waals surface area contributed by atoms with Gasteiger partial charge in [0.25, 0.3) is 0 Å². The third-order valence-electron chi connectivity index (χ3n) is 1.74. The van der Waals surface area contributed by atoms with Crippen LogP contribution in [0.25, 0.3) is 0 Å². The quantitative estimate of drug-likeness (QED) is 0.583. The highest BCUT2D eigenvalue weighted by Crippen LogP contribution is 2.19. The maximum atomic E-state index is 11.8. The molecule has 0 radical (unpaired) electrons. The van der Waals surface area contributed by atoms with Crippen molar-refractivity contribution in [2.24, 2.45) is 0 Å². The number of halogens is 3. The van der Waals surface area contributed by atoms with Gasteiger partial charge in [0.15, 0.2) is 0 Å². The fourth-order valence-corrected chi connectivity index (χ4v) is 1.23. The van der Waals surface area contributed by atoms with Gasteiger partial charge < -0.3 is 10.2 Å². The Labute approximate surface area is 67.4 Å². The highest BCUT2D eigenvalue weighted by atomic mass is 19.4. The van der Waals surface area contributed by atoms with Crippen LogP contribution in [0.1, 0.15) is 0 Å². The summed E-state index contributed by atoms with van der Waals surface area (Å²) in [7, 11) is 0. The van der Waals surface area contributed by atoms with E-state index in [4.69, 9.17) is 10.2 Å². The Morgan fingerprint density at radius 1 is 1.17 bits per heavy atom. The molecule has 1 fully saturated rings. The minimum absolute atomic E-state index is 0.110. The Balaban J connectivity index is 2.38. The van der Waals surface area contributed by atoms with E-state index in [0.717, 1.165) is 4.90 Å². The highest BCUT2D eigenvalue weighted by molar-refractivity contribution is 4.84. The zero-order chi connectivity index (χ0) is 9.35. The second-order valence-corrected chi connectivity index (χ2v) is 2.94. The molecule has 0 bridgehead atoms. The average Bonchev–Trinajstić information content (AvgIpc) is 2.07. The van der Waals surface area contributed by atoms with Crippen molar-refractivity contribution in [3.8, 4) is 0 Å². The molecule has 0 unspecified atom stereocenters. The third-order valence-corrected chi connectivity index (χ3v) is 1.74. The monoisotopic (exact) mass is 185 g/mol. The van der Waals surface area contributed by atoms with Crippen molar-refractivity contribution < 1.29 is 23.4 Å². The van der Waals surface area contributed by atoms with Crippen LogP contribution in [0.5, 0.6) is 0 Å². The number of aliphatic hydroxyl groups excluding tert-OH is 2. The van der Waals surface area contributed by atoms with Crippen molar-refractivity contribution in [3.05, 3.63) is 0 Å². The molecule has 0 aromatic carbocycles. The molecule has 0 aromatic rings. The maximum absolute atomic E-state index is 11.8. The minimum Gasteiger partial charge on any atom is -0.389 e. The summed E-state index contributed by atoms with van der Waals surface area (Å²) in [5, 5.41) is 17.8. The van der Waals surface area contributed by atoms with E-state index in [2.05, 4.69) is 0 Å². The van der Waals surface area contributed by atoms with Gasteiger partial charge in [0, 0.05) is 13.1 Å². The standard InChI is InChI=1S/C6H10F3NO2/c7-6(8,9)3-10-1-4(11)5(12)2-10/h4-5,11-12H,1-3H2/t4-,5+. The van der Waals surface area contributed by atoms with Crippen LogP contribution < -0.4 is 0 Å². The van der Waals surface area contributed by atoms with Crippen LogP contribution in [-0.4, -0.2) is 53.1 Å². The number of alkyl halides is 3. The largest absolute Gasteiger partial charge is 0.401 e. The van der Waals surface area contributed by atoms with Crippen LogP contribution in [0.15, 0.2) is 0 Å². The number of nitrogens with zero attached hydrogens (tertiary/aromatic N) is 1. The molecular weight excluding hydrogens is 175 g/mol. The average molecular weight is 185 g/mol. The van der Waals surface area contributed by atoms with Crippen molar-refractivity contribution in [3.63, 3.8) is 0 Å². The molecule has 72 valence electrons. The smallest absolute Gasteiger partial charge is 0.389 e. The number of β-amino-alcohol motifs (C(OH)–C–C–N with tert-alkyl or cyclic N) is 2. The molecule has 12 heavy (non-hydrogen) atoms. The number of hydrogen-bond donors (Lipinski definition) is 2. The van der Waals surface area contributed by atoms with E-state index < -0.39 is 24.9 Å². The van der Waals surface area contributed by atoms with Crippen LogP contribution in [-0.2, 0) is 0 Å². The summed E-state index contributed by atoms with van der Waals surface area (Å²) in [6.07, 6.45) is -6.36. The van der Waals surface area contributed by atoms with Crippen LogP contribution >= 0.6 is 0 Å². The molecule has 3 nitrogen and oxygen atoms in total. The Morgan fingerprint density at radius 3 is 1.92 bits per heavy atom. The third kappa shape index (κ3) is 2.62. The molecular formula is C6H10F3NO2. The number of likely N-dealkylation sites (tertiary alicyclic amines) is 1. The van der Waals surface area contributed by atoms with E-state index in [1.807, 2.05) is 0 Å². The Morgan fingerprint density at radius 2 is 1.58 bits per heavy atom. The fourth-order valence-electron chi connectivity index (χ4n) is 1.23. The molecule has 1 heterocycles. The highest BCUT2D eigenvalue weighted by Gasteiger charge is 2.37. The van der Waals surface area contributed by atoms with Gasteiger partial charge in [0.05, 0.1) is 18.8 Å². The minimum atomic E-state index is -4.26. The van der Waals surface area contributed by atoms with Gasteiger partial charge in [-0.3, -0.25) is 4.90 Å². The summed E-state index contributed by atoms with van der Waals surface area (Å²) in [5.41, 5.74) is 0. The van der Waals surface area contributed by atoms with E-state index in [-0.39, 0.29) is 13.1 Å². The predicted octanol–water partition coefficient (Wildman–Crippen LogP) is -0.414. The summed E-state index contributed by atoms with van der Waals surface area (Å²) >= 11 is 0. The van der Waals surface area contributed by atoms with Gasteiger partial charge in [-0.15, -0.1) is 0 Å². The first-order valence-corrected chi connectivity index (χ1v) is 3.54. The van der Waals surface area contributed by atoms with E-state index in [9.17, 15) is 13.2 Å². The van der Waals surface area contributed by atoms with Crippen LogP contribution in [0.4, 0.5) is 13.2 Å². The Hall–Kier alpha value is -0.330. The second-order valence-electron chi connectivity index (χ2n) is 2.94. The van der Waals surface area contributed by atoms with Crippen molar-refractivity contribution in [2.75, 3.05) is 19.6 Å². The normalized spacial score (nSPS) is 32.8. The van der Waals surface area contributed by atoms with E-state index >= 15 is 0 Å². The molecule has 0 amide bonds. The summed E-state index contributed by atoms with van der Waals surface area (Å²) in [4.78, 5) is 0.981. The number of rotatable bonds is 1. The maximum Gasteiger partial charge on any atom is 0.401 e. The molecule has 1 aliphatic heterocycles. The van der Waals surface area contributed by atoms with Gasteiger partial charge in [0.1, 0.15) is 0 Å². The molecule has 0 spiro atoms. The molecule has 0 saturated carbocycles. The first-order valence-electron chi connectivity index (χ1n) is 3.54. The topological polar surface area (TPSA) is 43.7 Å². The summed E-state index contributed by atoms with van der Waals surface area (Å²) < 4.78 is 35.3. The molecule has 0 aromatic heterocycles. The van der Waals surface area contributed by atoms with Crippen molar-refractivity contribution in [2.45, 2.75) is 18.4 Å². The number of hydrogen-bond acceptors (Lipinski definition) is 3. The first-order chi connectivity index (χ1) is 5.38. The second kappa shape index (κ2) is 3.20. The number of aliphatic hydroxyl groups is 2. The molecule has 1 aliphatic rings. The van der Waals surface area contributed by atoms with Gasteiger partial charge in [-0.1, -0.05) is 0 Å². The van der Waals surface area contributed by atoms with Gasteiger partial charge >= 0.3 is 6.18 Å². The molecule has 6 heteroatoms. The molecule has 2 N–H and O–H groups in total. The van der Waals surface area contributed by atoms with Gasteiger partial charge in [0.2, 0.25) is 0 Å². The summed E-state index contributed by atoms with van der Waals surface area (Å²) in [6, 6.07) is 0. The van der Waals surface area contributed by atoms with Crippen molar-refractivity contribution in [1.82, 2.24) is 4.90 Å². The van der Waals surface area contributed by atoms with E-state index in [0.29, 0.717) is 0 Å². The summed E-state index contributed by atoms with van der Waals surface area (Å²) in [6.45, 7) is -1.29. The van der Waals surface area contributed by atoms with Crippen molar-refractivity contribution >= 4 is 0 Å². The Kier molecular flexibility index (Phi) is 2.60. The van der Waals surface area contributed by atoms with Gasteiger partial charge in [-0.25, -0.2) is 0 Å². The van der Waals surface area contributed by atoms with E-state index in [1.54, 1.807) is 0 Å². The van der Waals surface area contributed by atoms with Gasteiger partial charge in [-0.2, -0.15) is 13.2 Å². The Bertz CT molecular complexity index is 151. The SMILES string of the molecule is O[C@@H]1CN(CC(F)(F)F)C[C@@H]1O. The lowest BCUT2D eigenvalue weighted by Crippen LogP contribution is -2.33. The summed E-state index contributed by atoms with van der Waals surface area (Å²) in [5.74, 6) is 0. The van der Waals surface area contributed by atoms with Crippen molar-refractivity contribution in [1.29, 1.82) is 0 Å². The van der Waals surface area contributed by atoms with Crippen LogP contribution in [0.2, 0.25) is 0 Å². The lowest BCUT2D eigenvalue weighted by molar-refractivity contribution is -0.144. The van der Waals surface area contributed by atoms with Crippen LogP contribution in [0, 0.1) is 0 Å². The molecule has 1 saturated heterocycles. The molecule has 2 atom stereocenters. The zero-order valence-electron chi connectivity index (χ0n) is 6.25. The van der Waals surface area contributed by atoms with Gasteiger partial charge in [-0.05, 0) is 0 Å².